The van der Waals surface area contributed by atoms with Gasteiger partial charge in [-0.1, -0.05) is 12.1 Å². The van der Waals surface area contributed by atoms with Gasteiger partial charge < -0.3 is 9.64 Å². The molecule has 1 saturated heterocycles. The quantitative estimate of drug-likeness (QED) is 0.655. The number of carbonyl (C=O) groups excluding carboxylic acids is 1. The van der Waals surface area contributed by atoms with Gasteiger partial charge in [-0.15, -0.1) is 10.2 Å². The summed E-state index contributed by atoms with van der Waals surface area (Å²) in [6, 6.07) is 17.5. The normalized spacial score (nSPS) is 17.7. The Kier molecular flexibility index (Phi) is 4.27. The van der Waals surface area contributed by atoms with Crippen LogP contribution in [-0.4, -0.2) is 34.7 Å². The van der Waals surface area contributed by atoms with Gasteiger partial charge in [-0.2, -0.15) is 0 Å². The smallest absolute Gasteiger partial charge is 0.170 e. The zero-order valence-corrected chi connectivity index (χ0v) is 15.8. The van der Waals surface area contributed by atoms with Crippen LogP contribution < -0.4 is 9.64 Å². The van der Waals surface area contributed by atoms with Crippen molar-refractivity contribution in [2.75, 3.05) is 18.0 Å². The van der Waals surface area contributed by atoms with Crippen LogP contribution in [0.25, 0.3) is 11.3 Å². The van der Waals surface area contributed by atoms with Gasteiger partial charge in [0.1, 0.15) is 17.2 Å². The van der Waals surface area contributed by atoms with Crippen molar-refractivity contribution in [1.29, 1.82) is 0 Å². The molecule has 29 heavy (non-hydrogen) atoms. The van der Waals surface area contributed by atoms with Crippen LogP contribution in [0.4, 0.5) is 10.2 Å². The van der Waals surface area contributed by atoms with E-state index in [9.17, 15) is 9.18 Å². The second kappa shape index (κ2) is 6.95. The van der Waals surface area contributed by atoms with Crippen LogP contribution in [0.15, 0.2) is 60.7 Å². The average molecular weight is 389 g/mol. The molecule has 6 heteroatoms. The largest absolute Gasteiger partial charge is 0.486 e. The van der Waals surface area contributed by atoms with Crippen LogP contribution in [0.3, 0.4) is 0 Å². The predicted octanol–water partition coefficient (Wildman–Crippen LogP) is 4.29. The number of piperidine rings is 1. The van der Waals surface area contributed by atoms with Crippen LogP contribution in [0, 0.1) is 5.82 Å². The van der Waals surface area contributed by atoms with E-state index in [4.69, 9.17) is 4.74 Å². The summed E-state index contributed by atoms with van der Waals surface area (Å²) in [4.78, 5) is 14.7. The first kappa shape index (κ1) is 17.8. The molecular weight excluding hydrogens is 369 g/mol. The number of Topliss-reactive ketones (excluding diaryl/α,β-unsaturated/α-hetero) is 1. The van der Waals surface area contributed by atoms with E-state index in [1.165, 1.54) is 12.1 Å². The van der Waals surface area contributed by atoms with Crippen molar-refractivity contribution in [3.05, 3.63) is 72.0 Å². The molecule has 0 N–H and O–H groups in total. The molecule has 0 radical (unpaired) electrons. The number of ketones is 1. The van der Waals surface area contributed by atoms with Gasteiger partial charge in [0.05, 0.1) is 17.7 Å². The number of para-hydroxylation sites is 1. The minimum Gasteiger partial charge on any atom is -0.486 e. The van der Waals surface area contributed by atoms with Crippen molar-refractivity contribution in [2.24, 2.45) is 0 Å². The van der Waals surface area contributed by atoms with Crippen molar-refractivity contribution in [3.8, 4) is 17.0 Å². The number of ether oxygens (including phenoxy) is 1. The summed E-state index contributed by atoms with van der Waals surface area (Å²) in [5.41, 5.74) is 1.79. The molecule has 146 valence electrons. The fourth-order valence-electron chi connectivity index (χ4n) is 4.13. The van der Waals surface area contributed by atoms with Crippen LogP contribution in [0.2, 0.25) is 0 Å². The van der Waals surface area contributed by atoms with Gasteiger partial charge in [-0.05, 0) is 48.5 Å². The first-order valence-corrected chi connectivity index (χ1v) is 9.78. The number of benzene rings is 2. The van der Waals surface area contributed by atoms with E-state index in [-0.39, 0.29) is 11.6 Å². The van der Waals surface area contributed by atoms with E-state index < -0.39 is 5.60 Å². The van der Waals surface area contributed by atoms with Gasteiger partial charge in [0.2, 0.25) is 0 Å². The van der Waals surface area contributed by atoms with Crippen LogP contribution in [0.1, 0.15) is 29.6 Å². The van der Waals surface area contributed by atoms with E-state index in [2.05, 4.69) is 15.1 Å². The number of fused-ring (bicyclic) bond motifs is 1. The first-order valence-electron chi connectivity index (χ1n) is 9.78. The molecule has 0 atom stereocenters. The van der Waals surface area contributed by atoms with Gasteiger partial charge in [0.25, 0.3) is 0 Å². The summed E-state index contributed by atoms with van der Waals surface area (Å²) < 4.78 is 19.4. The first-order chi connectivity index (χ1) is 14.1. The number of anilines is 1. The lowest BCUT2D eigenvalue weighted by Gasteiger charge is -2.44. The molecule has 2 aliphatic heterocycles. The molecule has 1 fully saturated rings. The highest BCUT2D eigenvalue weighted by atomic mass is 19.1. The van der Waals surface area contributed by atoms with Crippen molar-refractivity contribution in [1.82, 2.24) is 10.2 Å². The third-order valence-electron chi connectivity index (χ3n) is 5.79. The third kappa shape index (κ3) is 3.35. The van der Waals surface area contributed by atoms with Crippen LogP contribution in [-0.2, 0) is 0 Å². The number of nitrogens with zero attached hydrogens (tertiary/aromatic N) is 3. The summed E-state index contributed by atoms with van der Waals surface area (Å²) >= 11 is 0. The Hall–Kier alpha value is -3.28. The third-order valence-corrected chi connectivity index (χ3v) is 5.79. The Labute approximate surface area is 168 Å². The molecule has 0 aliphatic carbocycles. The topological polar surface area (TPSA) is 55.3 Å². The van der Waals surface area contributed by atoms with Crippen molar-refractivity contribution >= 4 is 11.6 Å². The minimum atomic E-state index is -0.427. The summed E-state index contributed by atoms with van der Waals surface area (Å²) in [6.45, 7) is 1.50. The summed E-state index contributed by atoms with van der Waals surface area (Å²) in [5.74, 6) is 1.38. The molecule has 3 aromatic rings. The highest BCUT2D eigenvalue weighted by molar-refractivity contribution is 6.00. The summed E-state index contributed by atoms with van der Waals surface area (Å²) in [5, 5.41) is 8.66. The van der Waals surface area contributed by atoms with Crippen molar-refractivity contribution < 1.29 is 13.9 Å². The highest BCUT2D eigenvalue weighted by Crippen LogP contribution is 2.39. The van der Waals surface area contributed by atoms with E-state index in [0.717, 1.165) is 37.3 Å². The van der Waals surface area contributed by atoms with Crippen molar-refractivity contribution in [2.45, 2.75) is 24.9 Å². The predicted molar refractivity (Wildman–Crippen MR) is 108 cm³/mol. The maximum Gasteiger partial charge on any atom is 0.170 e. The molecular formula is C23H20FN3O2. The van der Waals surface area contributed by atoms with E-state index in [0.29, 0.717) is 23.4 Å². The average Bonchev–Trinajstić information content (AvgIpc) is 2.75. The lowest BCUT2D eigenvalue weighted by Crippen LogP contribution is -2.51. The van der Waals surface area contributed by atoms with Crippen molar-refractivity contribution in [3.63, 3.8) is 0 Å². The lowest BCUT2D eigenvalue weighted by molar-refractivity contribution is 0.0231. The molecule has 2 aromatic carbocycles. The highest BCUT2D eigenvalue weighted by Gasteiger charge is 2.43. The Morgan fingerprint density at radius 1 is 0.931 bits per heavy atom. The monoisotopic (exact) mass is 389 g/mol. The van der Waals surface area contributed by atoms with Crippen LogP contribution >= 0.6 is 0 Å². The van der Waals surface area contributed by atoms with Gasteiger partial charge in [-0.25, -0.2) is 4.39 Å². The lowest BCUT2D eigenvalue weighted by atomic mass is 9.82. The molecule has 2 aliphatic rings. The molecule has 0 unspecified atom stereocenters. The Balaban J connectivity index is 1.29. The number of carbonyl (C=O) groups is 1. The Morgan fingerprint density at radius 3 is 2.41 bits per heavy atom. The summed E-state index contributed by atoms with van der Waals surface area (Å²) in [6.07, 6.45) is 1.94. The molecule has 3 heterocycles. The maximum absolute atomic E-state index is 13.1. The van der Waals surface area contributed by atoms with Gasteiger partial charge in [0.15, 0.2) is 11.6 Å². The molecule has 5 rings (SSSR count). The second-order valence-electron chi connectivity index (χ2n) is 7.65. The SMILES string of the molecule is O=C1CC2(CCN(c3ccc(-c4ccc(F)cc4)nn3)CC2)Oc2ccccc21. The number of hydrogen-bond acceptors (Lipinski definition) is 5. The Morgan fingerprint density at radius 2 is 1.69 bits per heavy atom. The van der Waals surface area contributed by atoms with E-state index in [1.807, 2.05) is 36.4 Å². The molecule has 1 spiro atoms. The maximum atomic E-state index is 13.1. The van der Waals surface area contributed by atoms with Gasteiger partial charge >= 0.3 is 0 Å². The van der Waals surface area contributed by atoms with E-state index >= 15 is 0 Å². The standard InChI is InChI=1S/C23H20FN3O2/c24-17-7-5-16(6-8-17)19-9-10-22(26-25-19)27-13-11-23(12-14-27)15-20(28)18-3-1-2-4-21(18)29-23/h1-10H,11-15H2. The zero-order chi connectivity index (χ0) is 19.8. The number of halogens is 1. The molecule has 0 bridgehead atoms. The number of rotatable bonds is 2. The molecule has 1 aromatic heterocycles. The Bertz CT molecular complexity index is 1040. The zero-order valence-electron chi connectivity index (χ0n) is 15.8. The van der Waals surface area contributed by atoms with Gasteiger partial charge in [0, 0.05) is 31.5 Å². The molecule has 0 amide bonds. The van der Waals surface area contributed by atoms with Gasteiger partial charge in [-0.3, -0.25) is 4.79 Å². The number of hydrogen-bond donors (Lipinski definition) is 0. The van der Waals surface area contributed by atoms with Crippen LogP contribution in [0.5, 0.6) is 5.75 Å². The fourth-order valence-corrected chi connectivity index (χ4v) is 4.13. The second-order valence-corrected chi connectivity index (χ2v) is 7.65. The van der Waals surface area contributed by atoms with E-state index in [1.54, 1.807) is 12.1 Å². The minimum absolute atomic E-state index is 0.156. The summed E-state index contributed by atoms with van der Waals surface area (Å²) in [7, 11) is 0. The molecule has 5 nitrogen and oxygen atoms in total. The number of aromatic nitrogens is 2. The molecule has 0 saturated carbocycles. The fraction of sp³-hybridized carbons (Fsp3) is 0.261.